The maximum absolute atomic E-state index is 14.3. The normalized spacial score (nSPS) is 11.6. The lowest BCUT2D eigenvalue weighted by Crippen LogP contribution is -1.93. The van der Waals surface area contributed by atoms with Crippen LogP contribution in [0.3, 0.4) is 0 Å². The maximum atomic E-state index is 14.3. The lowest BCUT2D eigenvalue weighted by molar-refractivity contribution is 0.106. The molecule has 1 aromatic carbocycles. The predicted molar refractivity (Wildman–Crippen MR) is 96.4 cm³/mol. The number of pyridine rings is 1. The lowest BCUT2D eigenvalue weighted by atomic mass is 10.0. The van der Waals surface area contributed by atoms with Gasteiger partial charge in [-0.25, -0.2) is 13.8 Å². The Hall–Kier alpha value is -4.02. The summed E-state index contributed by atoms with van der Waals surface area (Å²) in [6.07, 6.45) is 1.76. The molecule has 4 aromatic heterocycles. The minimum Gasteiger partial charge on any atom is -0.333 e. The molecular formula is C19H10F4N6O. The molecule has 4 heterocycles. The third-order valence-electron chi connectivity index (χ3n) is 4.50. The summed E-state index contributed by atoms with van der Waals surface area (Å²) in [7, 11) is 0. The van der Waals surface area contributed by atoms with Crippen LogP contribution in [0.15, 0.2) is 53.4 Å². The summed E-state index contributed by atoms with van der Waals surface area (Å²) in [5, 5.41) is 10.3. The highest BCUT2D eigenvalue weighted by Crippen LogP contribution is 2.33. The van der Waals surface area contributed by atoms with E-state index in [0.29, 0.717) is 22.5 Å². The van der Waals surface area contributed by atoms with E-state index in [4.69, 9.17) is 0 Å². The smallest absolute Gasteiger partial charge is 0.315 e. The molecule has 0 radical (unpaired) electrons. The van der Waals surface area contributed by atoms with Crippen molar-refractivity contribution in [1.29, 1.82) is 0 Å². The molecule has 0 aliphatic carbocycles. The molecule has 0 saturated carbocycles. The first kappa shape index (κ1) is 18.0. The van der Waals surface area contributed by atoms with E-state index in [-0.39, 0.29) is 17.1 Å². The molecule has 7 nitrogen and oxygen atoms in total. The van der Waals surface area contributed by atoms with Gasteiger partial charge in [0.2, 0.25) is 5.82 Å². The first-order chi connectivity index (χ1) is 14.5. The molecule has 30 heavy (non-hydrogen) atoms. The van der Waals surface area contributed by atoms with Gasteiger partial charge in [-0.1, -0.05) is 5.16 Å². The van der Waals surface area contributed by atoms with E-state index >= 15 is 0 Å². The highest BCUT2D eigenvalue weighted by molar-refractivity contribution is 5.81. The summed E-state index contributed by atoms with van der Waals surface area (Å²) in [4.78, 5) is 7.89. The number of nitrogens with zero attached hydrogens (tertiary/aromatic N) is 5. The molecule has 0 atom stereocenters. The molecule has 0 unspecified atom stereocenters. The van der Waals surface area contributed by atoms with E-state index in [1.807, 2.05) is 0 Å². The Labute approximate surface area is 165 Å². The minimum atomic E-state index is -2.89. The summed E-state index contributed by atoms with van der Waals surface area (Å²) in [6, 6.07) is 6.65. The van der Waals surface area contributed by atoms with Crippen molar-refractivity contribution in [3.8, 4) is 33.9 Å². The fourth-order valence-corrected chi connectivity index (χ4v) is 3.13. The fourth-order valence-electron chi connectivity index (χ4n) is 3.13. The van der Waals surface area contributed by atoms with Crippen LogP contribution in [0.1, 0.15) is 12.3 Å². The van der Waals surface area contributed by atoms with Crippen LogP contribution < -0.4 is 0 Å². The van der Waals surface area contributed by atoms with Crippen LogP contribution in [0.2, 0.25) is 0 Å². The Morgan fingerprint density at radius 1 is 1.07 bits per heavy atom. The SMILES string of the molecule is Fc1ccc(-c2n[nH]cc2-c2ccc3ncc(-c4noc(C(F)F)n4)n3c2)c(F)c1. The third-order valence-corrected chi connectivity index (χ3v) is 4.50. The average molecular weight is 414 g/mol. The van der Waals surface area contributed by atoms with Gasteiger partial charge in [0.15, 0.2) is 0 Å². The van der Waals surface area contributed by atoms with Crippen LogP contribution in [0, 0.1) is 11.6 Å². The monoisotopic (exact) mass is 414 g/mol. The molecule has 0 saturated heterocycles. The van der Waals surface area contributed by atoms with Crippen molar-refractivity contribution < 1.29 is 22.1 Å². The van der Waals surface area contributed by atoms with E-state index in [1.54, 1.807) is 28.9 Å². The number of alkyl halides is 2. The summed E-state index contributed by atoms with van der Waals surface area (Å²) in [5.74, 6) is -2.29. The number of aromatic amines is 1. The lowest BCUT2D eigenvalue weighted by Gasteiger charge is -2.06. The van der Waals surface area contributed by atoms with Crippen molar-refractivity contribution in [2.24, 2.45) is 0 Å². The molecule has 0 bridgehead atoms. The number of rotatable bonds is 4. The highest BCUT2D eigenvalue weighted by atomic mass is 19.3. The van der Waals surface area contributed by atoms with Crippen molar-refractivity contribution in [1.82, 2.24) is 29.7 Å². The molecule has 0 spiro atoms. The van der Waals surface area contributed by atoms with Gasteiger partial charge in [-0.2, -0.15) is 18.9 Å². The standard InChI is InChI=1S/C19H10F4N6O/c20-10-2-3-11(13(21)5-10)16-12(6-25-27-16)9-1-4-15-24-7-14(29(15)8-9)18-26-19(17(22)23)30-28-18/h1-8,17H,(H,25,27). The Bertz CT molecular complexity index is 1370. The van der Waals surface area contributed by atoms with Crippen LogP contribution in [0.4, 0.5) is 17.6 Å². The molecule has 0 aliphatic rings. The van der Waals surface area contributed by atoms with Gasteiger partial charge in [0.05, 0.1) is 6.20 Å². The van der Waals surface area contributed by atoms with Crippen molar-refractivity contribution >= 4 is 5.65 Å². The average Bonchev–Trinajstić information content (AvgIpc) is 3.46. The maximum Gasteiger partial charge on any atom is 0.315 e. The number of benzene rings is 1. The third kappa shape index (κ3) is 2.91. The van der Waals surface area contributed by atoms with Crippen molar-refractivity contribution in [2.75, 3.05) is 0 Å². The zero-order valence-electron chi connectivity index (χ0n) is 14.9. The Morgan fingerprint density at radius 3 is 2.70 bits per heavy atom. The van der Waals surface area contributed by atoms with Gasteiger partial charge in [0, 0.05) is 35.2 Å². The summed E-state index contributed by atoms with van der Waals surface area (Å²) < 4.78 is 59.2. The number of nitrogens with one attached hydrogen (secondary N) is 1. The Balaban J connectivity index is 1.62. The second kappa shape index (κ2) is 6.79. The number of aromatic nitrogens is 6. The number of imidazole rings is 1. The number of hydrogen-bond donors (Lipinski definition) is 1. The highest BCUT2D eigenvalue weighted by Gasteiger charge is 2.20. The second-order valence-corrected chi connectivity index (χ2v) is 6.32. The molecule has 5 aromatic rings. The number of hydrogen-bond acceptors (Lipinski definition) is 5. The van der Waals surface area contributed by atoms with Gasteiger partial charge in [-0.05, 0) is 24.3 Å². The quantitative estimate of drug-likeness (QED) is 0.433. The largest absolute Gasteiger partial charge is 0.333 e. The van der Waals surface area contributed by atoms with Gasteiger partial charge in [-0.15, -0.1) is 0 Å². The predicted octanol–water partition coefficient (Wildman–Crippen LogP) is 4.66. The molecule has 0 amide bonds. The first-order valence-electron chi connectivity index (χ1n) is 8.60. The van der Waals surface area contributed by atoms with Crippen molar-refractivity contribution in [3.63, 3.8) is 0 Å². The topological polar surface area (TPSA) is 84.9 Å². The summed E-state index contributed by atoms with van der Waals surface area (Å²) >= 11 is 0. The molecule has 5 rings (SSSR count). The Kier molecular flexibility index (Phi) is 4.09. The van der Waals surface area contributed by atoms with E-state index < -0.39 is 24.0 Å². The van der Waals surface area contributed by atoms with Gasteiger partial charge >= 0.3 is 6.43 Å². The van der Waals surface area contributed by atoms with Crippen molar-refractivity contribution in [3.05, 3.63) is 66.4 Å². The number of halogens is 4. The number of fused-ring (bicyclic) bond motifs is 1. The minimum absolute atomic E-state index is 0.0491. The van der Waals surface area contributed by atoms with Gasteiger partial charge in [0.1, 0.15) is 28.7 Å². The second-order valence-electron chi connectivity index (χ2n) is 6.32. The first-order valence-corrected chi connectivity index (χ1v) is 8.60. The van der Waals surface area contributed by atoms with E-state index in [0.717, 1.165) is 12.1 Å². The zero-order chi connectivity index (χ0) is 20.8. The summed E-state index contributed by atoms with van der Waals surface area (Å²) in [5.41, 5.74) is 2.41. The summed E-state index contributed by atoms with van der Waals surface area (Å²) in [6.45, 7) is 0. The van der Waals surface area contributed by atoms with E-state index in [9.17, 15) is 17.6 Å². The molecule has 150 valence electrons. The van der Waals surface area contributed by atoms with Gasteiger partial charge in [-0.3, -0.25) is 9.50 Å². The molecular weight excluding hydrogens is 404 g/mol. The van der Waals surface area contributed by atoms with Crippen LogP contribution in [0.25, 0.3) is 39.5 Å². The van der Waals surface area contributed by atoms with Gasteiger partial charge in [0.25, 0.3) is 5.89 Å². The number of H-pyrrole nitrogens is 1. The zero-order valence-corrected chi connectivity index (χ0v) is 14.9. The van der Waals surface area contributed by atoms with E-state index in [2.05, 4.69) is 29.8 Å². The van der Waals surface area contributed by atoms with Gasteiger partial charge < -0.3 is 4.52 Å². The Morgan fingerprint density at radius 2 is 1.93 bits per heavy atom. The van der Waals surface area contributed by atoms with Crippen LogP contribution in [-0.4, -0.2) is 29.7 Å². The molecule has 0 fully saturated rings. The van der Waals surface area contributed by atoms with Crippen LogP contribution in [-0.2, 0) is 0 Å². The van der Waals surface area contributed by atoms with Crippen LogP contribution in [0.5, 0.6) is 0 Å². The van der Waals surface area contributed by atoms with Crippen LogP contribution >= 0.6 is 0 Å². The molecule has 11 heteroatoms. The van der Waals surface area contributed by atoms with Crippen molar-refractivity contribution in [2.45, 2.75) is 6.43 Å². The molecule has 0 aliphatic heterocycles. The molecule has 1 N–H and O–H groups in total. The fraction of sp³-hybridized carbons (Fsp3) is 0.0526. The van der Waals surface area contributed by atoms with E-state index in [1.165, 1.54) is 12.3 Å².